The second kappa shape index (κ2) is 11.9. The monoisotopic (exact) mass is 529 g/mol. The normalized spacial score (nSPS) is 18.8. The van der Waals surface area contributed by atoms with Crippen molar-refractivity contribution in [3.05, 3.63) is 75.6 Å². The van der Waals surface area contributed by atoms with Gasteiger partial charge in [0, 0.05) is 28.4 Å². The van der Waals surface area contributed by atoms with Gasteiger partial charge in [-0.2, -0.15) is 5.26 Å². The van der Waals surface area contributed by atoms with Gasteiger partial charge in [-0.3, -0.25) is 0 Å². The van der Waals surface area contributed by atoms with Crippen LogP contribution in [0.4, 0.5) is 5.69 Å². The van der Waals surface area contributed by atoms with E-state index < -0.39 is 29.4 Å². The number of ether oxygens (including phenoxy) is 4. The Bertz CT molecular complexity index is 1290. The van der Waals surface area contributed by atoms with Gasteiger partial charge in [-0.25, -0.2) is 19.2 Å². The maximum atomic E-state index is 13.0. The van der Waals surface area contributed by atoms with Gasteiger partial charge in [0.05, 0.1) is 45.2 Å². The van der Waals surface area contributed by atoms with E-state index in [4.69, 9.17) is 31.5 Å². The molecule has 1 aromatic carbocycles. The molecule has 1 atom stereocenters. The number of nitrogens with two attached hydrogens (primary N) is 1. The lowest BCUT2D eigenvalue weighted by Crippen LogP contribution is -2.49. The van der Waals surface area contributed by atoms with Gasteiger partial charge in [-0.15, -0.1) is 0 Å². The smallest absolute Gasteiger partial charge is 0.338 e. The maximum absolute atomic E-state index is 13.0. The van der Waals surface area contributed by atoms with Crippen LogP contribution in [0.25, 0.3) is 0 Å². The van der Waals surface area contributed by atoms with Crippen LogP contribution in [0.2, 0.25) is 5.02 Å². The van der Waals surface area contributed by atoms with E-state index in [-0.39, 0.29) is 28.1 Å². The number of esters is 4. The molecule has 1 aromatic rings. The van der Waals surface area contributed by atoms with Crippen LogP contribution in [-0.2, 0) is 38.1 Å². The van der Waals surface area contributed by atoms with Crippen molar-refractivity contribution in [2.45, 2.75) is 12.5 Å². The third-order valence-corrected chi connectivity index (χ3v) is 5.78. The number of anilines is 1. The highest BCUT2D eigenvalue weighted by Gasteiger charge is 2.52. The van der Waals surface area contributed by atoms with Crippen molar-refractivity contribution >= 4 is 41.2 Å². The molecule has 2 rings (SSSR count). The van der Waals surface area contributed by atoms with Crippen molar-refractivity contribution in [3.63, 3.8) is 0 Å². The van der Waals surface area contributed by atoms with Gasteiger partial charge in [-0.1, -0.05) is 11.6 Å². The van der Waals surface area contributed by atoms with Crippen LogP contribution in [0, 0.1) is 11.3 Å². The first-order chi connectivity index (χ1) is 17.5. The Hall–Kier alpha value is -4.56. The second-order valence-corrected chi connectivity index (χ2v) is 7.94. The number of nitrogens with zero attached hydrogens (tertiary/aromatic N) is 2. The fourth-order valence-corrected chi connectivity index (χ4v) is 3.87. The maximum Gasteiger partial charge on any atom is 0.338 e. The van der Waals surface area contributed by atoms with E-state index in [1.165, 1.54) is 11.8 Å². The predicted molar refractivity (Wildman–Crippen MR) is 131 cm³/mol. The number of carbonyl (C=O) groups is 4. The number of carbonyl (C=O) groups excluding carboxylic acids is 4. The minimum Gasteiger partial charge on any atom is -0.466 e. The van der Waals surface area contributed by atoms with Crippen LogP contribution in [0.3, 0.4) is 0 Å². The summed E-state index contributed by atoms with van der Waals surface area (Å²) < 4.78 is 19.0. The topological polar surface area (TPSA) is 158 Å². The highest BCUT2D eigenvalue weighted by Crippen LogP contribution is 2.48. The zero-order valence-electron chi connectivity index (χ0n) is 20.7. The van der Waals surface area contributed by atoms with Gasteiger partial charge in [0.15, 0.2) is 0 Å². The molecule has 0 bridgehead atoms. The number of methoxy groups -OCH3 is 4. The second-order valence-electron chi connectivity index (χ2n) is 7.50. The molecule has 0 amide bonds. The van der Waals surface area contributed by atoms with Crippen LogP contribution in [0.15, 0.2) is 70.6 Å². The minimum atomic E-state index is -1.74. The molecule has 0 fully saturated rings. The highest BCUT2D eigenvalue weighted by atomic mass is 35.5. The summed E-state index contributed by atoms with van der Waals surface area (Å²) >= 11 is 6.04. The van der Waals surface area contributed by atoms with E-state index in [0.29, 0.717) is 10.7 Å². The van der Waals surface area contributed by atoms with Crippen LogP contribution in [0.1, 0.15) is 6.92 Å². The fraction of sp³-hybridized carbons (Fsp3) is 0.240. The van der Waals surface area contributed by atoms with Crippen molar-refractivity contribution in [2.24, 2.45) is 5.73 Å². The van der Waals surface area contributed by atoms with Gasteiger partial charge in [-0.05, 0) is 37.3 Å². The van der Waals surface area contributed by atoms with E-state index >= 15 is 0 Å². The molecule has 194 valence electrons. The molecule has 1 heterocycles. The Labute approximate surface area is 217 Å². The quantitative estimate of drug-likeness (QED) is 0.313. The van der Waals surface area contributed by atoms with Crippen molar-refractivity contribution in [1.29, 1.82) is 5.26 Å². The summed E-state index contributed by atoms with van der Waals surface area (Å²) in [7, 11) is 4.41. The summed E-state index contributed by atoms with van der Waals surface area (Å²) in [6.07, 6.45) is 2.88. The minimum absolute atomic E-state index is 0.0245. The van der Waals surface area contributed by atoms with Crippen molar-refractivity contribution in [1.82, 2.24) is 0 Å². The van der Waals surface area contributed by atoms with Gasteiger partial charge < -0.3 is 29.6 Å². The number of halogens is 1. The van der Waals surface area contributed by atoms with Crippen molar-refractivity contribution < 1.29 is 38.1 Å². The lowest BCUT2D eigenvalue weighted by atomic mass is 9.80. The molecule has 1 aliphatic heterocycles. The molecular formula is C25H24ClN3O8. The Kier molecular flexibility index (Phi) is 9.24. The Balaban J connectivity index is 3.07. The van der Waals surface area contributed by atoms with E-state index in [9.17, 15) is 24.4 Å². The molecule has 11 nitrogen and oxygen atoms in total. The molecule has 0 radical (unpaired) electrons. The summed E-state index contributed by atoms with van der Waals surface area (Å²) in [5, 5.41) is 10.5. The zero-order chi connectivity index (χ0) is 27.9. The van der Waals surface area contributed by atoms with Crippen LogP contribution >= 0.6 is 11.6 Å². The van der Waals surface area contributed by atoms with Crippen molar-refractivity contribution in [3.8, 4) is 6.07 Å². The fourth-order valence-electron chi connectivity index (χ4n) is 3.74. The molecule has 12 heteroatoms. The number of hydrogen-bond donors (Lipinski definition) is 1. The molecule has 0 aliphatic carbocycles. The number of nitriles is 1. The zero-order valence-corrected chi connectivity index (χ0v) is 21.4. The third-order valence-electron chi connectivity index (χ3n) is 5.52. The van der Waals surface area contributed by atoms with Crippen LogP contribution < -0.4 is 10.6 Å². The first-order valence-corrected chi connectivity index (χ1v) is 10.8. The summed E-state index contributed by atoms with van der Waals surface area (Å²) in [5.41, 5.74) is 4.24. The molecule has 1 aliphatic rings. The molecule has 0 saturated heterocycles. The van der Waals surface area contributed by atoms with E-state index in [0.717, 1.165) is 46.7 Å². The first kappa shape index (κ1) is 28.7. The summed E-state index contributed by atoms with van der Waals surface area (Å²) in [5.74, 6) is -3.82. The van der Waals surface area contributed by atoms with Gasteiger partial charge in [0.25, 0.3) is 0 Å². The average molecular weight is 530 g/mol. The standard InChI is InChI=1S/C25H24ClN3O8/c1-25(19(24(33)37-5)12-21(31)35-3)18(10-14(23(32)36-4)11-20(30)34-2)17(13-27)22(28)29(25)16-8-6-15(26)7-9-16/h6-12H,28H2,1-5H3/b14-11-,18-10-,19-12+. The molecule has 0 aromatic heterocycles. The molecule has 37 heavy (non-hydrogen) atoms. The first-order valence-electron chi connectivity index (χ1n) is 10.4. The highest BCUT2D eigenvalue weighted by molar-refractivity contribution is 6.30. The molecule has 2 N–H and O–H groups in total. The largest absolute Gasteiger partial charge is 0.466 e. The third kappa shape index (κ3) is 5.65. The summed E-state index contributed by atoms with van der Waals surface area (Å²) in [6.45, 7) is 1.48. The lowest BCUT2D eigenvalue weighted by Gasteiger charge is -2.39. The summed E-state index contributed by atoms with van der Waals surface area (Å²) in [4.78, 5) is 51.3. The van der Waals surface area contributed by atoms with E-state index in [2.05, 4.69) is 4.74 Å². The Morgan fingerprint density at radius 3 is 1.97 bits per heavy atom. The summed E-state index contributed by atoms with van der Waals surface area (Å²) in [6, 6.07) is 8.22. The Morgan fingerprint density at radius 1 is 0.946 bits per heavy atom. The van der Waals surface area contributed by atoms with Crippen LogP contribution in [0.5, 0.6) is 0 Å². The number of hydrogen-bond acceptors (Lipinski definition) is 11. The van der Waals surface area contributed by atoms with E-state index in [1.807, 2.05) is 6.07 Å². The van der Waals surface area contributed by atoms with Gasteiger partial charge >= 0.3 is 23.9 Å². The molecule has 1 unspecified atom stereocenters. The Morgan fingerprint density at radius 2 is 1.49 bits per heavy atom. The van der Waals surface area contributed by atoms with Crippen molar-refractivity contribution in [2.75, 3.05) is 33.3 Å². The lowest BCUT2D eigenvalue weighted by molar-refractivity contribution is -0.139. The van der Waals surface area contributed by atoms with Gasteiger partial charge in [0.1, 0.15) is 17.4 Å². The van der Waals surface area contributed by atoms with Crippen LogP contribution in [-0.4, -0.2) is 57.9 Å². The predicted octanol–water partition coefficient (Wildman–Crippen LogP) is 2.08. The number of benzene rings is 1. The molecular weight excluding hydrogens is 506 g/mol. The average Bonchev–Trinajstić information content (AvgIpc) is 3.11. The molecule has 0 saturated carbocycles. The number of rotatable bonds is 7. The SMILES string of the molecule is COC(=O)/C=C(/C=C1/C(C#N)=C(N)N(c2ccc(Cl)cc2)C1(C)/C(=C/C(=O)OC)C(=O)OC)C(=O)OC. The van der Waals surface area contributed by atoms with Gasteiger partial charge in [0.2, 0.25) is 0 Å². The molecule has 0 spiro atoms. The van der Waals surface area contributed by atoms with E-state index in [1.54, 1.807) is 24.3 Å².